The number of hydrogen-bond donors (Lipinski definition) is 1. The lowest BCUT2D eigenvalue weighted by Crippen LogP contribution is -2.00. The third-order valence-electron chi connectivity index (χ3n) is 3.61. The second kappa shape index (κ2) is 5.36. The van der Waals surface area contributed by atoms with E-state index < -0.39 is 0 Å². The fourth-order valence-corrected chi connectivity index (χ4v) is 2.51. The van der Waals surface area contributed by atoms with Crippen molar-refractivity contribution >= 4 is 0 Å². The number of hydrogen-bond acceptors (Lipinski definition) is 5. The molecular formula is C16H12FN3O3. The lowest BCUT2D eigenvalue weighted by atomic mass is 10.1. The first kappa shape index (κ1) is 13.7. The molecule has 1 N–H and O–H groups in total. The van der Waals surface area contributed by atoms with Crippen LogP contribution in [0.25, 0.3) is 16.9 Å². The van der Waals surface area contributed by atoms with Crippen molar-refractivity contribution in [3.05, 3.63) is 54.0 Å². The Hall–Kier alpha value is -2.93. The molecule has 23 heavy (non-hydrogen) atoms. The summed E-state index contributed by atoms with van der Waals surface area (Å²) in [7, 11) is 0. The fraction of sp³-hybridized carbons (Fsp3) is 0.125. The van der Waals surface area contributed by atoms with Gasteiger partial charge < -0.3 is 14.6 Å². The molecular weight excluding hydrogens is 301 g/mol. The Morgan fingerprint density at radius 1 is 1.09 bits per heavy atom. The predicted octanol–water partition coefficient (Wildman–Crippen LogP) is 2.29. The number of halogens is 1. The van der Waals surface area contributed by atoms with Gasteiger partial charge in [-0.15, -0.1) is 5.10 Å². The molecule has 0 saturated carbocycles. The van der Waals surface area contributed by atoms with Gasteiger partial charge in [-0.25, -0.2) is 9.07 Å². The molecule has 1 aliphatic heterocycles. The molecule has 2 aromatic carbocycles. The summed E-state index contributed by atoms with van der Waals surface area (Å²) < 4.78 is 25.4. The molecule has 0 amide bonds. The van der Waals surface area contributed by atoms with E-state index in [1.54, 1.807) is 28.9 Å². The number of nitrogens with zero attached hydrogens (tertiary/aromatic N) is 3. The zero-order valence-corrected chi connectivity index (χ0v) is 11.9. The minimum Gasteiger partial charge on any atom is -0.454 e. The van der Waals surface area contributed by atoms with E-state index in [1.807, 2.05) is 6.07 Å². The molecule has 0 aliphatic carbocycles. The monoisotopic (exact) mass is 313 g/mol. The molecule has 7 heteroatoms. The van der Waals surface area contributed by atoms with Crippen LogP contribution in [0.1, 0.15) is 5.69 Å². The van der Waals surface area contributed by atoms with Crippen molar-refractivity contribution in [2.24, 2.45) is 0 Å². The van der Waals surface area contributed by atoms with E-state index in [-0.39, 0.29) is 19.2 Å². The van der Waals surface area contributed by atoms with Crippen molar-refractivity contribution < 1.29 is 19.0 Å². The van der Waals surface area contributed by atoms with Crippen LogP contribution in [0, 0.1) is 5.82 Å². The lowest BCUT2D eigenvalue weighted by molar-refractivity contribution is 0.174. The lowest BCUT2D eigenvalue weighted by Gasteiger charge is -2.08. The van der Waals surface area contributed by atoms with Crippen molar-refractivity contribution in [1.29, 1.82) is 0 Å². The number of ether oxygens (including phenoxy) is 2. The van der Waals surface area contributed by atoms with E-state index in [0.717, 1.165) is 0 Å². The summed E-state index contributed by atoms with van der Waals surface area (Å²) >= 11 is 0. The van der Waals surface area contributed by atoms with Crippen LogP contribution in [-0.4, -0.2) is 26.9 Å². The van der Waals surface area contributed by atoms with Gasteiger partial charge >= 0.3 is 0 Å². The summed E-state index contributed by atoms with van der Waals surface area (Å²) in [5, 5.41) is 17.6. The van der Waals surface area contributed by atoms with Crippen molar-refractivity contribution in [1.82, 2.24) is 15.0 Å². The van der Waals surface area contributed by atoms with Crippen LogP contribution in [-0.2, 0) is 6.61 Å². The first-order valence-electron chi connectivity index (χ1n) is 6.97. The van der Waals surface area contributed by atoms with Gasteiger partial charge in [0.15, 0.2) is 11.5 Å². The standard InChI is InChI=1S/C16H12FN3O3/c17-11-3-1-10(2-4-11)16-13(8-21)18-19-20(16)12-5-6-14-15(7-12)23-9-22-14/h1-7,21H,8-9H2. The highest BCUT2D eigenvalue weighted by Crippen LogP contribution is 2.35. The molecule has 0 bridgehead atoms. The minimum atomic E-state index is -0.332. The summed E-state index contributed by atoms with van der Waals surface area (Å²) in [6, 6.07) is 11.3. The molecule has 0 unspecified atom stereocenters. The number of aliphatic hydroxyl groups excluding tert-OH is 1. The van der Waals surface area contributed by atoms with Crippen LogP contribution in [0.15, 0.2) is 42.5 Å². The highest BCUT2D eigenvalue weighted by Gasteiger charge is 2.19. The molecule has 3 aromatic rings. The Morgan fingerprint density at radius 3 is 2.65 bits per heavy atom. The molecule has 116 valence electrons. The molecule has 0 saturated heterocycles. The maximum Gasteiger partial charge on any atom is 0.231 e. The van der Waals surface area contributed by atoms with Crippen molar-refractivity contribution in [2.45, 2.75) is 6.61 Å². The third kappa shape index (κ3) is 2.31. The quantitative estimate of drug-likeness (QED) is 0.803. The summed E-state index contributed by atoms with van der Waals surface area (Å²) in [5.41, 5.74) is 2.43. The van der Waals surface area contributed by atoms with E-state index >= 15 is 0 Å². The van der Waals surface area contributed by atoms with Gasteiger partial charge in [0.05, 0.1) is 12.3 Å². The van der Waals surface area contributed by atoms with Crippen molar-refractivity contribution in [2.75, 3.05) is 6.79 Å². The molecule has 2 heterocycles. The van der Waals surface area contributed by atoms with Crippen LogP contribution in [0.5, 0.6) is 11.5 Å². The summed E-state index contributed by atoms with van der Waals surface area (Å²) in [4.78, 5) is 0. The zero-order chi connectivity index (χ0) is 15.8. The average Bonchev–Trinajstić information content (AvgIpc) is 3.21. The summed E-state index contributed by atoms with van der Waals surface area (Å²) in [6.07, 6.45) is 0. The number of fused-ring (bicyclic) bond motifs is 1. The largest absolute Gasteiger partial charge is 0.454 e. The minimum absolute atomic E-state index is 0.183. The van der Waals surface area contributed by atoms with Crippen LogP contribution in [0.2, 0.25) is 0 Å². The molecule has 4 rings (SSSR count). The topological polar surface area (TPSA) is 69.4 Å². The number of benzene rings is 2. The van der Waals surface area contributed by atoms with Crippen molar-refractivity contribution in [3.8, 4) is 28.4 Å². The van der Waals surface area contributed by atoms with Gasteiger partial charge in [0.1, 0.15) is 17.2 Å². The van der Waals surface area contributed by atoms with Crippen molar-refractivity contribution in [3.63, 3.8) is 0 Å². The molecule has 6 nitrogen and oxygen atoms in total. The highest BCUT2D eigenvalue weighted by atomic mass is 19.1. The fourth-order valence-electron chi connectivity index (χ4n) is 2.51. The Morgan fingerprint density at radius 2 is 1.87 bits per heavy atom. The van der Waals surface area contributed by atoms with Crippen LogP contribution in [0.4, 0.5) is 4.39 Å². The molecule has 0 atom stereocenters. The first-order chi connectivity index (χ1) is 11.3. The van der Waals surface area contributed by atoms with Gasteiger partial charge in [-0.05, 0) is 36.4 Å². The average molecular weight is 313 g/mol. The summed E-state index contributed by atoms with van der Waals surface area (Å²) in [5.74, 6) is 0.953. The molecule has 0 radical (unpaired) electrons. The van der Waals surface area contributed by atoms with E-state index in [1.165, 1.54) is 12.1 Å². The van der Waals surface area contributed by atoms with Crippen LogP contribution in [0.3, 0.4) is 0 Å². The smallest absolute Gasteiger partial charge is 0.231 e. The third-order valence-corrected chi connectivity index (χ3v) is 3.61. The van der Waals surface area contributed by atoms with Gasteiger partial charge in [-0.2, -0.15) is 0 Å². The zero-order valence-electron chi connectivity index (χ0n) is 11.9. The summed E-state index contributed by atoms with van der Waals surface area (Å²) in [6.45, 7) is -0.0832. The van der Waals surface area contributed by atoms with E-state index in [9.17, 15) is 9.50 Å². The predicted molar refractivity (Wildman–Crippen MR) is 78.8 cm³/mol. The Balaban J connectivity index is 1.86. The van der Waals surface area contributed by atoms with Gasteiger partial charge in [0, 0.05) is 11.6 Å². The van der Waals surface area contributed by atoms with Gasteiger partial charge in [-0.1, -0.05) is 5.21 Å². The van der Waals surface area contributed by atoms with Crippen LogP contribution < -0.4 is 9.47 Å². The van der Waals surface area contributed by atoms with Crippen LogP contribution >= 0.6 is 0 Å². The first-order valence-corrected chi connectivity index (χ1v) is 6.97. The van der Waals surface area contributed by atoms with Gasteiger partial charge in [0.25, 0.3) is 0 Å². The Kier molecular flexibility index (Phi) is 3.20. The SMILES string of the molecule is OCc1nnn(-c2ccc3c(c2)OCO3)c1-c1ccc(F)cc1. The number of aliphatic hydroxyl groups is 1. The Bertz CT molecular complexity index is 862. The van der Waals surface area contributed by atoms with E-state index in [2.05, 4.69) is 10.3 Å². The number of aromatic nitrogens is 3. The molecule has 1 aliphatic rings. The van der Waals surface area contributed by atoms with Gasteiger partial charge in [0.2, 0.25) is 6.79 Å². The molecule has 0 spiro atoms. The Labute approximate surface area is 130 Å². The number of rotatable bonds is 3. The molecule has 0 fully saturated rings. The van der Waals surface area contributed by atoms with E-state index in [4.69, 9.17) is 9.47 Å². The molecule has 1 aromatic heterocycles. The normalized spacial score (nSPS) is 12.6. The maximum atomic E-state index is 13.2. The second-order valence-electron chi connectivity index (χ2n) is 5.00. The van der Waals surface area contributed by atoms with E-state index in [0.29, 0.717) is 34.1 Å². The second-order valence-corrected chi connectivity index (χ2v) is 5.00. The van der Waals surface area contributed by atoms with Gasteiger partial charge in [-0.3, -0.25) is 0 Å². The highest BCUT2D eigenvalue weighted by molar-refractivity contribution is 5.65. The maximum absolute atomic E-state index is 13.2.